The quantitative estimate of drug-likeness (QED) is 0.711. The smallest absolute Gasteiger partial charge is 0.345 e. The number of aliphatic hydroxyl groups is 1. The first-order chi connectivity index (χ1) is 8.40. The van der Waals surface area contributed by atoms with Crippen LogP contribution in [0.25, 0.3) is 0 Å². The summed E-state index contributed by atoms with van der Waals surface area (Å²) in [5, 5.41) is 21.8. The second kappa shape index (κ2) is 6.87. The van der Waals surface area contributed by atoms with Crippen molar-refractivity contribution in [2.24, 2.45) is 5.92 Å². The number of carbonyl (C=O) groups is 1. The number of thiophene rings is 1. The van der Waals surface area contributed by atoms with E-state index in [1.54, 1.807) is 6.07 Å². The number of aliphatic hydroxyl groups excluding tert-OH is 1. The molecule has 1 unspecified atom stereocenters. The summed E-state index contributed by atoms with van der Waals surface area (Å²) in [6, 6.07) is 1.70. The third-order valence-corrected chi connectivity index (χ3v) is 3.75. The summed E-state index contributed by atoms with van der Waals surface area (Å²) in [6.45, 7) is 7.20. The van der Waals surface area contributed by atoms with Crippen LogP contribution < -0.4 is 5.32 Å². The predicted octanol–water partition coefficient (Wildman–Crippen LogP) is 2.25. The Balaban J connectivity index is 2.42. The van der Waals surface area contributed by atoms with Gasteiger partial charge >= 0.3 is 5.97 Å². The molecule has 0 aliphatic rings. The summed E-state index contributed by atoms with van der Waals surface area (Å²) in [5.74, 6) is -0.405. The van der Waals surface area contributed by atoms with Crippen molar-refractivity contribution in [2.45, 2.75) is 39.8 Å². The average molecular weight is 271 g/mol. The highest BCUT2D eigenvalue weighted by molar-refractivity contribution is 7.14. The fraction of sp³-hybridized carbons (Fsp3) is 0.615. The SMILES string of the molecule is Cc1sc(C(=O)O)cc1CNCC(O)CC(C)C. The van der Waals surface area contributed by atoms with E-state index in [2.05, 4.69) is 19.2 Å². The number of carboxylic acids is 1. The van der Waals surface area contributed by atoms with Gasteiger partial charge in [0.25, 0.3) is 0 Å². The lowest BCUT2D eigenvalue weighted by Crippen LogP contribution is -2.27. The summed E-state index contributed by atoms with van der Waals surface area (Å²) in [7, 11) is 0. The highest BCUT2D eigenvalue weighted by Crippen LogP contribution is 2.21. The maximum Gasteiger partial charge on any atom is 0.345 e. The molecule has 0 aliphatic carbocycles. The summed E-state index contributed by atoms with van der Waals surface area (Å²) in [5.41, 5.74) is 0.995. The Morgan fingerprint density at radius 1 is 1.50 bits per heavy atom. The lowest BCUT2D eigenvalue weighted by atomic mass is 10.1. The van der Waals surface area contributed by atoms with Crippen LogP contribution >= 0.6 is 11.3 Å². The van der Waals surface area contributed by atoms with Gasteiger partial charge in [-0.2, -0.15) is 0 Å². The van der Waals surface area contributed by atoms with Crippen molar-refractivity contribution in [1.82, 2.24) is 5.32 Å². The van der Waals surface area contributed by atoms with Gasteiger partial charge in [-0.1, -0.05) is 13.8 Å². The molecule has 0 bridgehead atoms. The standard InChI is InChI=1S/C13H21NO3S/c1-8(2)4-11(15)7-14-6-10-5-12(13(16)17)18-9(10)3/h5,8,11,14-15H,4,6-7H2,1-3H3,(H,16,17). The van der Waals surface area contributed by atoms with E-state index in [0.717, 1.165) is 16.9 Å². The van der Waals surface area contributed by atoms with Crippen LogP contribution in [0.15, 0.2) is 6.07 Å². The third kappa shape index (κ3) is 4.76. The molecule has 0 amide bonds. The molecule has 1 heterocycles. The van der Waals surface area contributed by atoms with Crippen molar-refractivity contribution in [1.29, 1.82) is 0 Å². The van der Waals surface area contributed by atoms with Gasteiger partial charge in [0, 0.05) is 18.0 Å². The molecule has 1 rings (SSSR count). The minimum absolute atomic E-state index is 0.345. The van der Waals surface area contributed by atoms with E-state index >= 15 is 0 Å². The number of rotatable bonds is 7. The predicted molar refractivity (Wildman–Crippen MR) is 73.2 cm³/mol. The van der Waals surface area contributed by atoms with Crippen LogP contribution in [0.4, 0.5) is 0 Å². The van der Waals surface area contributed by atoms with E-state index in [-0.39, 0.29) is 6.10 Å². The highest BCUT2D eigenvalue weighted by atomic mass is 32.1. The van der Waals surface area contributed by atoms with Gasteiger partial charge in [0.05, 0.1) is 6.10 Å². The second-order valence-electron chi connectivity index (χ2n) is 4.91. The second-order valence-corrected chi connectivity index (χ2v) is 6.17. The molecular formula is C13H21NO3S. The molecule has 3 N–H and O–H groups in total. The van der Waals surface area contributed by atoms with Crippen molar-refractivity contribution in [3.05, 3.63) is 21.4 Å². The normalized spacial score (nSPS) is 12.9. The number of carboxylic acid groups (broad SMARTS) is 1. The Kier molecular flexibility index (Phi) is 5.78. The molecule has 1 aromatic rings. The summed E-state index contributed by atoms with van der Waals surface area (Å²) in [4.78, 5) is 12.2. The van der Waals surface area contributed by atoms with Crippen molar-refractivity contribution in [2.75, 3.05) is 6.54 Å². The zero-order chi connectivity index (χ0) is 13.7. The lowest BCUT2D eigenvalue weighted by molar-refractivity contribution is 0.0702. The topological polar surface area (TPSA) is 69.6 Å². The van der Waals surface area contributed by atoms with Gasteiger partial charge in [0.1, 0.15) is 4.88 Å². The largest absolute Gasteiger partial charge is 0.477 e. The van der Waals surface area contributed by atoms with Crippen LogP contribution in [0.5, 0.6) is 0 Å². The van der Waals surface area contributed by atoms with Crippen LogP contribution in [0, 0.1) is 12.8 Å². The third-order valence-electron chi connectivity index (χ3n) is 2.67. The van der Waals surface area contributed by atoms with Crippen LogP contribution in [0.2, 0.25) is 0 Å². The molecule has 102 valence electrons. The first-order valence-corrected chi connectivity index (χ1v) is 6.93. The van der Waals surface area contributed by atoms with Crippen LogP contribution in [-0.4, -0.2) is 28.8 Å². The lowest BCUT2D eigenvalue weighted by Gasteiger charge is -2.13. The van der Waals surface area contributed by atoms with E-state index < -0.39 is 5.97 Å². The van der Waals surface area contributed by atoms with E-state index in [0.29, 0.717) is 23.9 Å². The summed E-state index contributed by atoms with van der Waals surface area (Å²) < 4.78 is 0. The fourth-order valence-corrected chi connectivity index (χ4v) is 2.68. The molecular weight excluding hydrogens is 250 g/mol. The zero-order valence-electron chi connectivity index (χ0n) is 11.1. The van der Waals surface area contributed by atoms with Gasteiger partial charge in [0.15, 0.2) is 0 Å². The number of hydrogen-bond donors (Lipinski definition) is 3. The number of hydrogen-bond acceptors (Lipinski definition) is 4. The minimum Gasteiger partial charge on any atom is -0.477 e. The van der Waals surface area contributed by atoms with Crippen LogP contribution in [-0.2, 0) is 6.54 Å². The molecule has 5 heteroatoms. The Bertz CT molecular complexity index is 401. The first kappa shape index (κ1) is 15.1. The van der Waals surface area contributed by atoms with Crippen molar-refractivity contribution < 1.29 is 15.0 Å². The van der Waals surface area contributed by atoms with Gasteiger partial charge in [-0.3, -0.25) is 0 Å². The molecule has 4 nitrogen and oxygen atoms in total. The number of aromatic carboxylic acids is 1. The van der Waals surface area contributed by atoms with Crippen molar-refractivity contribution in [3.8, 4) is 0 Å². The Hall–Kier alpha value is -0.910. The van der Waals surface area contributed by atoms with Crippen molar-refractivity contribution >= 4 is 17.3 Å². The van der Waals surface area contributed by atoms with E-state index in [4.69, 9.17) is 5.11 Å². The van der Waals surface area contributed by atoms with Crippen molar-refractivity contribution in [3.63, 3.8) is 0 Å². The maximum atomic E-state index is 10.8. The molecule has 0 spiro atoms. The van der Waals surface area contributed by atoms with Gasteiger partial charge < -0.3 is 15.5 Å². The molecule has 1 atom stereocenters. The molecule has 0 radical (unpaired) electrons. The Morgan fingerprint density at radius 2 is 2.17 bits per heavy atom. The molecule has 1 aromatic heterocycles. The Labute approximate surface area is 112 Å². The zero-order valence-corrected chi connectivity index (χ0v) is 11.9. The summed E-state index contributed by atoms with van der Waals surface area (Å²) in [6.07, 6.45) is 0.429. The molecule has 0 aliphatic heterocycles. The van der Waals surface area contributed by atoms with Gasteiger partial charge in [-0.05, 0) is 30.9 Å². The molecule has 0 saturated carbocycles. The fourth-order valence-electron chi connectivity index (χ4n) is 1.80. The first-order valence-electron chi connectivity index (χ1n) is 6.11. The molecule has 0 fully saturated rings. The Morgan fingerprint density at radius 3 is 2.67 bits per heavy atom. The monoisotopic (exact) mass is 271 g/mol. The molecule has 0 saturated heterocycles. The molecule has 0 aromatic carbocycles. The van der Waals surface area contributed by atoms with E-state index in [9.17, 15) is 9.90 Å². The van der Waals surface area contributed by atoms with Gasteiger partial charge in [-0.15, -0.1) is 11.3 Å². The number of nitrogens with one attached hydrogen (secondary N) is 1. The van der Waals surface area contributed by atoms with Gasteiger partial charge in [-0.25, -0.2) is 4.79 Å². The average Bonchev–Trinajstić information content (AvgIpc) is 2.59. The molecule has 18 heavy (non-hydrogen) atoms. The highest BCUT2D eigenvalue weighted by Gasteiger charge is 2.11. The van der Waals surface area contributed by atoms with Crippen LogP contribution in [0.3, 0.4) is 0 Å². The summed E-state index contributed by atoms with van der Waals surface area (Å²) >= 11 is 1.29. The maximum absolute atomic E-state index is 10.8. The van der Waals surface area contributed by atoms with E-state index in [1.165, 1.54) is 11.3 Å². The number of aryl methyl sites for hydroxylation is 1. The van der Waals surface area contributed by atoms with Gasteiger partial charge in [0.2, 0.25) is 0 Å². The minimum atomic E-state index is -0.880. The van der Waals surface area contributed by atoms with E-state index in [1.807, 2.05) is 6.92 Å². The van der Waals surface area contributed by atoms with Crippen LogP contribution in [0.1, 0.15) is 40.4 Å².